The minimum atomic E-state index is -4.43. The summed E-state index contributed by atoms with van der Waals surface area (Å²) < 4.78 is 37.9. The lowest BCUT2D eigenvalue weighted by Crippen LogP contribution is -2.04. The highest BCUT2D eigenvalue weighted by atomic mass is 35.5. The van der Waals surface area contributed by atoms with Gasteiger partial charge in [0.1, 0.15) is 0 Å². The quantitative estimate of drug-likeness (QED) is 0.871. The molecule has 2 rings (SSSR count). The first-order valence-electron chi connectivity index (χ1n) is 5.49. The van der Waals surface area contributed by atoms with Crippen molar-refractivity contribution in [3.05, 3.63) is 58.6 Å². The van der Waals surface area contributed by atoms with Crippen LogP contribution in [0.5, 0.6) is 0 Å². The van der Waals surface area contributed by atoms with Crippen molar-refractivity contribution in [1.82, 2.24) is 0 Å². The van der Waals surface area contributed by atoms with E-state index >= 15 is 0 Å². The molecule has 0 radical (unpaired) electrons. The zero-order chi connectivity index (χ0) is 14.9. The second-order valence-electron chi connectivity index (χ2n) is 4.08. The molecule has 0 bridgehead atoms. The van der Waals surface area contributed by atoms with Crippen molar-refractivity contribution in [2.24, 2.45) is 0 Å². The van der Waals surface area contributed by atoms with Gasteiger partial charge in [0.05, 0.1) is 16.1 Å². The number of hydrogen-bond donors (Lipinski definition) is 1. The molecule has 1 N–H and O–H groups in total. The van der Waals surface area contributed by atoms with Crippen molar-refractivity contribution in [1.29, 1.82) is 0 Å². The van der Waals surface area contributed by atoms with E-state index in [0.717, 1.165) is 12.1 Å². The van der Waals surface area contributed by atoms with Crippen molar-refractivity contribution < 1.29 is 23.1 Å². The fourth-order valence-electron chi connectivity index (χ4n) is 1.74. The summed E-state index contributed by atoms with van der Waals surface area (Å²) in [4.78, 5) is 10.8. The number of hydrogen-bond acceptors (Lipinski definition) is 1. The number of benzene rings is 2. The molecule has 0 saturated heterocycles. The molecule has 0 aliphatic carbocycles. The number of carboxylic acid groups (broad SMARTS) is 1. The van der Waals surface area contributed by atoms with Gasteiger partial charge in [-0.3, -0.25) is 0 Å². The van der Waals surface area contributed by atoms with E-state index in [4.69, 9.17) is 16.7 Å². The summed E-state index contributed by atoms with van der Waals surface area (Å²) in [6.45, 7) is 0. The van der Waals surface area contributed by atoms with Crippen LogP contribution in [0.25, 0.3) is 11.1 Å². The van der Waals surface area contributed by atoms with Crippen LogP contribution in [0.1, 0.15) is 15.9 Å². The summed E-state index contributed by atoms with van der Waals surface area (Å²) in [5, 5.41) is 8.82. The Morgan fingerprint density at radius 1 is 1.05 bits per heavy atom. The molecule has 6 heteroatoms. The summed E-state index contributed by atoms with van der Waals surface area (Å²) in [7, 11) is 0. The molecule has 104 valence electrons. The molecule has 0 heterocycles. The molecule has 0 aliphatic heterocycles. The standard InChI is InChI=1S/C14H8ClF3O2/c15-12-7-9(4-5-11(12)13(19)20)8-2-1-3-10(6-8)14(16,17)18/h1-7H,(H,19,20). The number of halogens is 4. The van der Waals surface area contributed by atoms with Crippen molar-refractivity contribution in [2.45, 2.75) is 6.18 Å². The van der Waals surface area contributed by atoms with Gasteiger partial charge in [-0.25, -0.2) is 4.79 Å². The van der Waals surface area contributed by atoms with Gasteiger partial charge in [-0.2, -0.15) is 13.2 Å². The molecule has 0 atom stereocenters. The largest absolute Gasteiger partial charge is 0.478 e. The molecule has 2 aromatic carbocycles. The Hall–Kier alpha value is -2.01. The predicted octanol–water partition coefficient (Wildman–Crippen LogP) is 4.72. The van der Waals surface area contributed by atoms with Crippen LogP contribution < -0.4 is 0 Å². The zero-order valence-electron chi connectivity index (χ0n) is 9.91. The second kappa shape index (κ2) is 5.17. The third-order valence-electron chi connectivity index (χ3n) is 2.72. The Balaban J connectivity index is 2.47. The first-order chi connectivity index (χ1) is 9.29. The van der Waals surface area contributed by atoms with E-state index in [-0.39, 0.29) is 10.6 Å². The Kier molecular flexibility index (Phi) is 3.72. The average molecular weight is 301 g/mol. The number of carboxylic acids is 1. The van der Waals surface area contributed by atoms with Crippen molar-refractivity contribution >= 4 is 17.6 Å². The van der Waals surface area contributed by atoms with Gasteiger partial charge in [-0.15, -0.1) is 0 Å². The van der Waals surface area contributed by atoms with Gasteiger partial charge in [-0.05, 0) is 35.4 Å². The third-order valence-corrected chi connectivity index (χ3v) is 3.04. The Morgan fingerprint density at radius 3 is 2.25 bits per heavy atom. The van der Waals surface area contributed by atoms with Crippen molar-refractivity contribution in [3.8, 4) is 11.1 Å². The molecule has 0 fully saturated rings. The molecule has 2 aromatic rings. The lowest BCUT2D eigenvalue weighted by atomic mass is 10.0. The van der Waals surface area contributed by atoms with E-state index in [1.165, 1.54) is 30.3 Å². The molecule has 0 unspecified atom stereocenters. The van der Waals surface area contributed by atoms with Gasteiger partial charge in [-0.1, -0.05) is 29.8 Å². The number of alkyl halides is 3. The smallest absolute Gasteiger partial charge is 0.416 e. The van der Waals surface area contributed by atoms with E-state index < -0.39 is 17.7 Å². The fraction of sp³-hybridized carbons (Fsp3) is 0.0714. The minimum Gasteiger partial charge on any atom is -0.478 e. The SMILES string of the molecule is O=C(O)c1ccc(-c2cccc(C(F)(F)F)c2)cc1Cl. The topological polar surface area (TPSA) is 37.3 Å². The minimum absolute atomic E-state index is 0.0209. The van der Waals surface area contributed by atoms with E-state index in [9.17, 15) is 18.0 Å². The fourth-order valence-corrected chi connectivity index (χ4v) is 2.00. The molecular formula is C14H8ClF3O2. The van der Waals surface area contributed by atoms with Crippen LogP contribution in [-0.4, -0.2) is 11.1 Å². The van der Waals surface area contributed by atoms with Crippen molar-refractivity contribution in [2.75, 3.05) is 0 Å². The highest BCUT2D eigenvalue weighted by Gasteiger charge is 2.30. The predicted molar refractivity (Wildman–Crippen MR) is 68.8 cm³/mol. The van der Waals surface area contributed by atoms with Crippen molar-refractivity contribution in [3.63, 3.8) is 0 Å². The zero-order valence-corrected chi connectivity index (χ0v) is 10.7. The van der Waals surface area contributed by atoms with Gasteiger partial charge >= 0.3 is 12.1 Å². The molecule has 0 aromatic heterocycles. The lowest BCUT2D eigenvalue weighted by molar-refractivity contribution is -0.137. The monoisotopic (exact) mass is 300 g/mol. The Morgan fingerprint density at radius 2 is 1.70 bits per heavy atom. The highest BCUT2D eigenvalue weighted by molar-refractivity contribution is 6.33. The van der Waals surface area contributed by atoms with Gasteiger partial charge in [0, 0.05) is 0 Å². The molecular weight excluding hydrogens is 293 g/mol. The summed E-state index contributed by atoms with van der Waals surface area (Å²) in [6.07, 6.45) is -4.43. The van der Waals surface area contributed by atoms with Gasteiger partial charge in [0.25, 0.3) is 0 Å². The molecule has 0 aliphatic rings. The number of aromatic carboxylic acids is 1. The summed E-state index contributed by atoms with van der Waals surface area (Å²) in [6, 6.07) is 8.77. The molecule has 0 saturated carbocycles. The molecule has 20 heavy (non-hydrogen) atoms. The Bertz CT molecular complexity index is 666. The number of carbonyl (C=O) groups is 1. The van der Waals surface area contributed by atoms with Gasteiger partial charge in [0.15, 0.2) is 0 Å². The first-order valence-corrected chi connectivity index (χ1v) is 5.87. The summed E-state index contributed by atoms with van der Waals surface area (Å²) >= 11 is 5.80. The Labute approximate surface area is 117 Å². The maximum atomic E-state index is 12.6. The van der Waals surface area contributed by atoms with Crippen LogP contribution in [0.4, 0.5) is 13.2 Å². The highest BCUT2D eigenvalue weighted by Crippen LogP contribution is 2.33. The molecule has 0 spiro atoms. The van der Waals surface area contributed by atoms with Crippen LogP contribution in [0.15, 0.2) is 42.5 Å². The van der Waals surface area contributed by atoms with E-state index in [0.29, 0.717) is 11.1 Å². The van der Waals surface area contributed by atoms with E-state index in [2.05, 4.69) is 0 Å². The molecule has 2 nitrogen and oxygen atoms in total. The third kappa shape index (κ3) is 2.93. The van der Waals surface area contributed by atoms with Crippen LogP contribution in [0.3, 0.4) is 0 Å². The van der Waals surface area contributed by atoms with E-state index in [1.54, 1.807) is 0 Å². The average Bonchev–Trinajstić information content (AvgIpc) is 2.37. The summed E-state index contributed by atoms with van der Waals surface area (Å²) in [5.41, 5.74) is -0.124. The first kappa shape index (κ1) is 14.4. The van der Waals surface area contributed by atoms with Crippen LogP contribution >= 0.6 is 11.6 Å². The normalized spacial score (nSPS) is 11.4. The van der Waals surface area contributed by atoms with E-state index in [1.807, 2.05) is 0 Å². The number of rotatable bonds is 2. The van der Waals surface area contributed by atoms with Gasteiger partial charge in [0.2, 0.25) is 0 Å². The van der Waals surface area contributed by atoms with Crippen LogP contribution in [0, 0.1) is 0 Å². The maximum Gasteiger partial charge on any atom is 0.416 e. The second-order valence-corrected chi connectivity index (χ2v) is 4.49. The maximum absolute atomic E-state index is 12.6. The van der Waals surface area contributed by atoms with Gasteiger partial charge < -0.3 is 5.11 Å². The summed E-state index contributed by atoms with van der Waals surface area (Å²) in [5.74, 6) is -1.19. The van der Waals surface area contributed by atoms with Crippen LogP contribution in [0.2, 0.25) is 5.02 Å². The molecule has 0 amide bonds. The lowest BCUT2D eigenvalue weighted by Gasteiger charge is -2.09. The van der Waals surface area contributed by atoms with Crippen LogP contribution in [-0.2, 0) is 6.18 Å².